The van der Waals surface area contributed by atoms with Gasteiger partial charge in [0.05, 0.1) is 12.6 Å². The molecule has 1 aromatic heterocycles. The molecular weight excluding hydrogens is 467 g/mol. The van der Waals surface area contributed by atoms with Gasteiger partial charge in [0, 0.05) is 48.1 Å². The van der Waals surface area contributed by atoms with Crippen molar-refractivity contribution >= 4 is 46.4 Å². The van der Waals surface area contributed by atoms with Crippen LogP contribution in [0.4, 0.5) is 0 Å². The number of hydrogen-bond donors (Lipinski definition) is 0. The fourth-order valence-electron chi connectivity index (χ4n) is 4.07. The number of benzene rings is 1. The second-order valence-electron chi connectivity index (χ2n) is 8.46. The van der Waals surface area contributed by atoms with Crippen molar-refractivity contribution < 1.29 is 14.3 Å². The van der Waals surface area contributed by atoms with E-state index in [0.29, 0.717) is 42.6 Å². The molecule has 1 unspecified atom stereocenters. The second kappa shape index (κ2) is 11.5. The Morgan fingerprint density at radius 3 is 2.72 bits per heavy atom. The van der Waals surface area contributed by atoms with Crippen LogP contribution in [0, 0.1) is 5.92 Å². The number of halogens is 2. The Labute approximate surface area is 204 Å². The summed E-state index contributed by atoms with van der Waals surface area (Å²) in [6, 6.07) is 7.18. The molecule has 2 amide bonds. The van der Waals surface area contributed by atoms with E-state index in [9.17, 15) is 9.59 Å². The van der Waals surface area contributed by atoms with E-state index in [4.69, 9.17) is 27.9 Å². The van der Waals surface area contributed by atoms with Crippen molar-refractivity contribution in [1.29, 1.82) is 0 Å². The van der Waals surface area contributed by atoms with Crippen LogP contribution in [0.1, 0.15) is 48.7 Å². The summed E-state index contributed by atoms with van der Waals surface area (Å²) in [5.41, 5.74) is 1.95. The molecule has 0 bridgehead atoms. The molecule has 1 aliphatic rings. The molecule has 3 rings (SSSR count). The van der Waals surface area contributed by atoms with Crippen LogP contribution in [-0.2, 0) is 20.7 Å². The molecule has 0 saturated carbocycles. The highest BCUT2D eigenvalue weighted by atomic mass is 35.5. The van der Waals surface area contributed by atoms with Gasteiger partial charge in [-0.2, -0.15) is 0 Å². The fraction of sp³-hybridized carbons (Fsp3) is 0.500. The topological polar surface area (TPSA) is 49.9 Å². The van der Waals surface area contributed by atoms with E-state index in [1.165, 1.54) is 4.88 Å². The summed E-state index contributed by atoms with van der Waals surface area (Å²) < 4.78 is 5.14. The van der Waals surface area contributed by atoms with Gasteiger partial charge in [-0.25, -0.2) is 0 Å². The third kappa shape index (κ3) is 6.04. The molecule has 0 saturated heterocycles. The summed E-state index contributed by atoms with van der Waals surface area (Å²) in [5, 5.41) is 3.15. The Balaban J connectivity index is 1.87. The van der Waals surface area contributed by atoms with Gasteiger partial charge >= 0.3 is 0 Å². The molecule has 32 heavy (non-hydrogen) atoms. The number of fused-ring (bicyclic) bond motifs is 1. The second-order valence-corrected chi connectivity index (χ2v) is 10.3. The SMILES string of the molecule is COCCCN(CC(=O)N1CCc2sccc2C1c1ccc(Cl)cc1Cl)C(=O)CC(C)C. The van der Waals surface area contributed by atoms with Crippen molar-refractivity contribution in [2.45, 2.75) is 39.2 Å². The molecule has 2 heterocycles. The number of thiophene rings is 1. The van der Waals surface area contributed by atoms with Crippen LogP contribution >= 0.6 is 34.5 Å². The average molecular weight is 497 g/mol. The van der Waals surface area contributed by atoms with Gasteiger partial charge in [0.2, 0.25) is 11.8 Å². The normalized spacial score (nSPS) is 15.7. The Morgan fingerprint density at radius 2 is 2.03 bits per heavy atom. The molecule has 0 aliphatic carbocycles. The minimum Gasteiger partial charge on any atom is -0.385 e. The first-order chi connectivity index (χ1) is 15.3. The third-order valence-corrected chi connectivity index (χ3v) is 7.14. The third-order valence-electron chi connectivity index (χ3n) is 5.58. The van der Waals surface area contributed by atoms with Crippen molar-refractivity contribution in [2.75, 3.05) is 33.4 Å². The zero-order chi connectivity index (χ0) is 23.3. The maximum absolute atomic E-state index is 13.6. The first-order valence-corrected chi connectivity index (χ1v) is 12.5. The summed E-state index contributed by atoms with van der Waals surface area (Å²) in [5.74, 6) is 0.151. The van der Waals surface area contributed by atoms with Gasteiger partial charge in [0.15, 0.2) is 0 Å². The lowest BCUT2D eigenvalue weighted by Gasteiger charge is -2.38. The first kappa shape index (κ1) is 25.0. The molecule has 0 spiro atoms. The maximum atomic E-state index is 13.6. The van der Waals surface area contributed by atoms with E-state index in [2.05, 4.69) is 11.4 Å². The number of nitrogens with zero attached hydrogens (tertiary/aromatic N) is 2. The van der Waals surface area contributed by atoms with Crippen LogP contribution in [0.5, 0.6) is 0 Å². The predicted molar refractivity (Wildman–Crippen MR) is 131 cm³/mol. The highest BCUT2D eigenvalue weighted by molar-refractivity contribution is 7.10. The predicted octanol–water partition coefficient (Wildman–Crippen LogP) is 5.44. The average Bonchev–Trinajstić information content (AvgIpc) is 3.21. The van der Waals surface area contributed by atoms with Crippen LogP contribution in [0.15, 0.2) is 29.6 Å². The Bertz CT molecular complexity index is 947. The van der Waals surface area contributed by atoms with Crippen molar-refractivity contribution in [1.82, 2.24) is 9.80 Å². The van der Waals surface area contributed by atoms with Crippen LogP contribution < -0.4 is 0 Å². The molecule has 8 heteroatoms. The number of hydrogen-bond acceptors (Lipinski definition) is 4. The highest BCUT2D eigenvalue weighted by Gasteiger charge is 2.35. The van der Waals surface area contributed by atoms with Gasteiger partial charge in [-0.3, -0.25) is 9.59 Å². The van der Waals surface area contributed by atoms with Crippen LogP contribution in [0.2, 0.25) is 10.0 Å². The summed E-state index contributed by atoms with van der Waals surface area (Å²) in [6.45, 7) is 5.69. The van der Waals surface area contributed by atoms with E-state index in [1.807, 2.05) is 24.8 Å². The van der Waals surface area contributed by atoms with Gasteiger partial charge in [0.25, 0.3) is 0 Å². The Morgan fingerprint density at radius 1 is 1.25 bits per heavy atom. The van der Waals surface area contributed by atoms with Gasteiger partial charge in [-0.1, -0.05) is 43.1 Å². The summed E-state index contributed by atoms with van der Waals surface area (Å²) >= 11 is 14.4. The summed E-state index contributed by atoms with van der Waals surface area (Å²) in [7, 11) is 1.64. The van der Waals surface area contributed by atoms with Crippen molar-refractivity contribution in [3.05, 3.63) is 55.7 Å². The number of rotatable bonds is 9. The van der Waals surface area contributed by atoms with Crippen molar-refractivity contribution in [3.8, 4) is 0 Å². The van der Waals surface area contributed by atoms with Crippen LogP contribution in [-0.4, -0.2) is 55.0 Å². The molecule has 5 nitrogen and oxygen atoms in total. The lowest BCUT2D eigenvalue weighted by atomic mass is 9.93. The molecule has 1 atom stereocenters. The minimum atomic E-state index is -0.289. The molecular formula is C24H30Cl2N2O3S. The van der Waals surface area contributed by atoms with E-state index >= 15 is 0 Å². The molecule has 1 aromatic carbocycles. The number of amides is 2. The van der Waals surface area contributed by atoms with Crippen LogP contribution in [0.3, 0.4) is 0 Å². The number of carbonyl (C=O) groups excluding carboxylic acids is 2. The lowest BCUT2D eigenvalue weighted by Crippen LogP contribution is -2.47. The Kier molecular flexibility index (Phi) is 9.00. The minimum absolute atomic E-state index is 0.00115. The molecule has 0 fully saturated rings. The molecule has 0 N–H and O–H groups in total. The quantitative estimate of drug-likeness (QED) is 0.434. The lowest BCUT2D eigenvalue weighted by molar-refractivity contribution is -0.142. The zero-order valence-corrected chi connectivity index (χ0v) is 21.1. The fourth-order valence-corrected chi connectivity index (χ4v) is 5.48. The van der Waals surface area contributed by atoms with Gasteiger partial charge in [-0.15, -0.1) is 11.3 Å². The van der Waals surface area contributed by atoms with Gasteiger partial charge in [-0.05, 0) is 53.5 Å². The standard InChI is InChI=1S/C24H30Cl2N2O3S/c1-16(2)13-22(29)27(9-4-11-31-3)15-23(30)28-10-7-21-19(8-12-32-21)24(28)18-6-5-17(25)14-20(18)26/h5-6,8,12,14,16,24H,4,7,9-11,13,15H2,1-3H3. The van der Waals surface area contributed by atoms with Crippen molar-refractivity contribution in [3.63, 3.8) is 0 Å². The van der Waals surface area contributed by atoms with Crippen molar-refractivity contribution in [2.24, 2.45) is 5.92 Å². The number of methoxy groups -OCH3 is 1. The monoisotopic (exact) mass is 496 g/mol. The van der Waals surface area contributed by atoms with Crippen LogP contribution in [0.25, 0.3) is 0 Å². The molecule has 2 aromatic rings. The molecule has 174 valence electrons. The number of ether oxygens (including phenoxy) is 1. The first-order valence-electron chi connectivity index (χ1n) is 10.9. The summed E-state index contributed by atoms with van der Waals surface area (Å²) in [6.07, 6.45) is 1.90. The smallest absolute Gasteiger partial charge is 0.242 e. The van der Waals surface area contributed by atoms with E-state index in [1.54, 1.807) is 35.5 Å². The summed E-state index contributed by atoms with van der Waals surface area (Å²) in [4.78, 5) is 31.2. The van der Waals surface area contributed by atoms with E-state index in [-0.39, 0.29) is 30.3 Å². The maximum Gasteiger partial charge on any atom is 0.242 e. The van der Waals surface area contributed by atoms with Gasteiger partial charge in [0.1, 0.15) is 0 Å². The van der Waals surface area contributed by atoms with E-state index < -0.39 is 0 Å². The Hall–Kier alpha value is -1.60. The van der Waals surface area contributed by atoms with E-state index in [0.717, 1.165) is 17.5 Å². The number of carbonyl (C=O) groups is 2. The largest absolute Gasteiger partial charge is 0.385 e. The molecule has 0 radical (unpaired) electrons. The molecule has 1 aliphatic heterocycles. The van der Waals surface area contributed by atoms with Gasteiger partial charge < -0.3 is 14.5 Å². The zero-order valence-electron chi connectivity index (χ0n) is 18.8. The highest BCUT2D eigenvalue weighted by Crippen LogP contribution is 2.41.